The van der Waals surface area contributed by atoms with E-state index in [1.165, 1.54) is 0 Å². The summed E-state index contributed by atoms with van der Waals surface area (Å²) < 4.78 is 17.8. The first-order valence-corrected chi connectivity index (χ1v) is 11.1. The average Bonchev–Trinajstić information content (AvgIpc) is 3.34. The Kier molecular flexibility index (Phi) is 5.62. The number of piperidine rings is 1. The molecule has 1 aromatic carbocycles. The molecule has 30 heavy (non-hydrogen) atoms. The Morgan fingerprint density at radius 1 is 1.20 bits per heavy atom. The van der Waals surface area contributed by atoms with Crippen molar-refractivity contribution in [3.8, 4) is 5.75 Å². The Bertz CT molecular complexity index is 763. The fourth-order valence-electron chi connectivity index (χ4n) is 5.22. The summed E-state index contributed by atoms with van der Waals surface area (Å²) in [5, 5.41) is 10.3. The van der Waals surface area contributed by atoms with Crippen LogP contribution in [0.5, 0.6) is 5.75 Å². The monoisotopic (exact) mass is 417 g/mol. The molecule has 0 aromatic heterocycles. The first kappa shape index (κ1) is 21.6. The predicted octanol–water partition coefficient (Wildman–Crippen LogP) is 3.42. The van der Waals surface area contributed by atoms with Gasteiger partial charge in [-0.05, 0) is 82.6 Å². The molecule has 0 unspecified atom stereocenters. The summed E-state index contributed by atoms with van der Waals surface area (Å²) in [6.45, 7) is 8.00. The van der Waals surface area contributed by atoms with Crippen molar-refractivity contribution in [2.24, 2.45) is 5.41 Å². The van der Waals surface area contributed by atoms with Crippen LogP contribution in [-0.4, -0.2) is 66.1 Å². The molecule has 6 heteroatoms. The number of amides is 1. The van der Waals surface area contributed by atoms with E-state index in [9.17, 15) is 9.90 Å². The molecule has 0 saturated carbocycles. The summed E-state index contributed by atoms with van der Waals surface area (Å²) in [5.41, 5.74) is -0.344. The topological polar surface area (TPSA) is 68.2 Å². The van der Waals surface area contributed by atoms with Crippen molar-refractivity contribution in [3.05, 3.63) is 29.8 Å². The maximum absolute atomic E-state index is 12.9. The molecule has 1 aromatic rings. The zero-order valence-corrected chi connectivity index (χ0v) is 18.6. The van der Waals surface area contributed by atoms with E-state index < -0.39 is 5.60 Å². The number of benzene rings is 1. The van der Waals surface area contributed by atoms with Crippen LogP contribution in [0.25, 0.3) is 0 Å². The molecule has 3 aliphatic heterocycles. The molecule has 1 N–H and O–H groups in total. The molecular formula is C24H35NO5. The number of likely N-dealkylation sites (tertiary alicyclic amines) is 1. The highest BCUT2D eigenvalue weighted by atomic mass is 16.6. The predicted molar refractivity (Wildman–Crippen MR) is 114 cm³/mol. The van der Waals surface area contributed by atoms with Crippen LogP contribution in [0.4, 0.5) is 0 Å². The number of nitrogens with zero attached hydrogens (tertiary/aromatic N) is 1. The maximum Gasteiger partial charge on any atom is 0.253 e. The van der Waals surface area contributed by atoms with Crippen LogP contribution >= 0.6 is 0 Å². The Balaban J connectivity index is 1.34. The van der Waals surface area contributed by atoms with E-state index in [1.54, 1.807) is 7.11 Å². The zero-order valence-electron chi connectivity index (χ0n) is 18.6. The standard InChI is InChI=1S/C24H35NO5/c1-22(2,27)19-9-10-23(3,30-19)20-15-24(16-29-20)11-13-25(14-12-24)21(26)17-5-7-18(28-4)8-6-17/h5-8,19-20,27H,9-16H2,1-4H3/t19-,20-,23+/m0/s1. The molecule has 1 spiro atoms. The first-order chi connectivity index (χ1) is 14.1. The summed E-state index contributed by atoms with van der Waals surface area (Å²) in [5.74, 6) is 0.842. The number of hydrogen-bond donors (Lipinski definition) is 1. The summed E-state index contributed by atoms with van der Waals surface area (Å²) in [6.07, 6.45) is 4.54. The summed E-state index contributed by atoms with van der Waals surface area (Å²) in [4.78, 5) is 14.8. The number of rotatable bonds is 4. The molecule has 166 valence electrons. The van der Waals surface area contributed by atoms with Crippen molar-refractivity contribution >= 4 is 5.91 Å². The molecule has 3 heterocycles. The minimum absolute atomic E-state index is 0.0497. The minimum atomic E-state index is -0.832. The second kappa shape index (κ2) is 7.81. The molecule has 3 saturated heterocycles. The summed E-state index contributed by atoms with van der Waals surface area (Å²) in [7, 11) is 1.62. The smallest absolute Gasteiger partial charge is 0.253 e. The van der Waals surface area contributed by atoms with Crippen LogP contribution in [0.3, 0.4) is 0 Å². The van der Waals surface area contributed by atoms with Gasteiger partial charge in [-0.25, -0.2) is 0 Å². The third-order valence-electron chi connectivity index (χ3n) is 7.44. The minimum Gasteiger partial charge on any atom is -0.497 e. The normalized spacial score (nSPS) is 31.3. The number of carbonyl (C=O) groups is 1. The number of carbonyl (C=O) groups excluding carboxylic acids is 1. The first-order valence-electron chi connectivity index (χ1n) is 11.1. The fraction of sp³-hybridized carbons (Fsp3) is 0.708. The van der Waals surface area contributed by atoms with Gasteiger partial charge in [-0.15, -0.1) is 0 Å². The number of ether oxygens (including phenoxy) is 3. The van der Waals surface area contributed by atoms with E-state index in [4.69, 9.17) is 14.2 Å². The molecule has 3 atom stereocenters. The van der Waals surface area contributed by atoms with Gasteiger partial charge in [-0.1, -0.05) is 0 Å². The van der Waals surface area contributed by atoms with Gasteiger partial charge in [0.2, 0.25) is 0 Å². The Hall–Kier alpha value is -1.63. The van der Waals surface area contributed by atoms with Crippen LogP contribution in [0.15, 0.2) is 24.3 Å². The molecular weight excluding hydrogens is 382 g/mol. The molecule has 6 nitrogen and oxygen atoms in total. The molecule has 4 rings (SSSR count). The van der Waals surface area contributed by atoms with Crippen molar-refractivity contribution in [1.29, 1.82) is 0 Å². The van der Waals surface area contributed by atoms with Crippen molar-refractivity contribution in [2.45, 2.75) is 76.3 Å². The van der Waals surface area contributed by atoms with Gasteiger partial charge in [0.1, 0.15) is 5.75 Å². The highest BCUT2D eigenvalue weighted by Crippen LogP contribution is 2.49. The molecule has 0 radical (unpaired) electrons. The van der Waals surface area contributed by atoms with Crippen LogP contribution < -0.4 is 4.74 Å². The largest absolute Gasteiger partial charge is 0.497 e. The van der Waals surface area contributed by atoms with Crippen LogP contribution in [-0.2, 0) is 9.47 Å². The van der Waals surface area contributed by atoms with Gasteiger partial charge in [0.05, 0.1) is 37.1 Å². The van der Waals surface area contributed by atoms with E-state index in [0.29, 0.717) is 5.56 Å². The van der Waals surface area contributed by atoms with Crippen molar-refractivity contribution in [3.63, 3.8) is 0 Å². The second-order valence-corrected chi connectivity index (χ2v) is 10.1. The second-order valence-electron chi connectivity index (χ2n) is 10.1. The molecule has 0 bridgehead atoms. The quantitative estimate of drug-likeness (QED) is 0.813. The third-order valence-corrected chi connectivity index (χ3v) is 7.44. The Morgan fingerprint density at radius 3 is 2.43 bits per heavy atom. The van der Waals surface area contributed by atoms with Crippen LogP contribution in [0, 0.1) is 5.41 Å². The highest BCUT2D eigenvalue weighted by Gasteiger charge is 2.53. The molecule has 3 aliphatic rings. The lowest BCUT2D eigenvalue weighted by molar-refractivity contribution is -0.155. The van der Waals surface area contributed by atoms with Gasteiger partial charge in [0.25, 0.3) is 5.91 Å². The average molecular weight is 418 g/mol. The molecule has 0 aliphatic carbocycles. The third kappa shape index (κ3) is 4.10. The number of aliphatic hydroxyl groups is 1. The van der Waals surface area contributed by atoms with E-state index in [-0.39, 0.29) is 29.1 Å². The van der Waals surface area contributed by atoms with Gasteiger partial charge >= 0.3 is 0 Å². The number of hydrogen-bond acceptors (Lipinski definition) is 5. The Morgan fingerprint density at radius 2 is 1.87 bits per heavy atom. The maximum atomic E-state index is 12.9. The zero-order chi connectivity index (χ0) is 21.6. The molecule has 3 fully saturated rings. The Labute approximate surface area is 179 Å². The fourth-order valence-corrected chi connectivity index (χ4v) is 5.22. The molecule has 1 amide bonds. The van der Waals surface area contributed by atoms with Gasteiger partial charge in [0.15, 0.2) is 0 Å². The van der Waals surface area contributed by atoms with Gasteiger partial charge in [-0.3, -0.25) is 4.79 Å². The SMILES string of the molecule is COc1ccc(C(=O)N2CCC3(CC2)CO[C@H]([C@@]2(C)CC[C@@H](C(C)(C)O)O2)C3)cc1. The van der Waals surface area contributed by atoms with Crippen LogP contribution in [0.2, 0.25) is 0 Å². The van der Waals surface area contributed by atoms with Gasteiger partial charge in [-0.2, -0.15) is 0 Å². The van der Waals surface area contributed by atoms with E-state index in [2.05, 4.69) is 6.92 Å². The van der Waals surface area contributed by atoms with Crippen molar-refractivity contribution in [1.82, 2.24) is 4.90 Å². The summed E-state index contributed by atoms with van der Waals surface area (Å²) in [6, 6.07) is 7.32. The van der Waals surface area contributed by atoms with Gasteiger partial charge in [0, 0.05) is 18.7 Å². The van der Waals surface area contributed by atoms with E-state index in [0.717, 1.165) is 57.6 Å². The lowest BCUT2D eigenvalue weighted by Crippen LogP contribution is -2.45. The lowest BCUT2D eigenvalue weighted by atomic mass is 9.74. The summed E-state index contributed by atoms with van der Waals surface area (Å²) >= 11 is 0. The highest BCUT2D eigenvalue weighted by molar-refractivity contribution is 5.94. The van der Waals surface area contributed by atoms with Gasteiger partial charge < -0.3 is 24.2 Å². The number of methoxy groups -OCH3 is 1. The van der Waals surface area contributed by atoms with E-state index >= 15 is 0 Å². The van der Waals surface area contributed by atoms with Crippen molar-refractivity contribution < 1.29 is 24.1 Å². The van der Waals surface area contributed by atoms with E-state index in [1.807, 2.05) is 43.0 Å². The van der Waals surface area contributed by atoms with Crippen molar-refractivity contribution in [2.75, 3.05) is 26.8 Å². The lowest BCUT2D eigenvalue weighted by Gasteiger charge is -2.39. The van der Waals surface area contributed by atoms with Crippen LogP contribution in [0.1, 0.15) is 63.2 Å².